The number of benzene rings is 4. The lowest BCUT2D eigenvalue weighted by molar-refractivity contribution is -0.296. The molecule has 0 saturated heterocycles. The fourth-order valence-electron chi connectivity index (χ4n) is 10.9. The van der Waals surface area contributed by atoms with Gasteiger partial charge in [0.25, 0.3) is 0 Å². The average molecular weight is 1220 g/mol. The molecule has 2 aliphatic carbocycles. The lowest BCUT2D eigenvalue weighted by atomic mass is 9.78. The van der Waals surface area contributed by atoms with Gasteiger partial charge >= 0.3 is 17.9 Å². The van der Waals surface area contributed by atoms with E-state index >= 15 is 0 Å². The quantitative estimate of drug-likeness (QED) is 0.00709. The van der Waals surface area contributed by atoms with Crippen molar-refractivity contribution in [1.82, 2.24) is 4.98 Å². The summed E-state index contributed by atoms with van der Waals surface area (Å²) < 4.78 is 35.5. The summed E-state index contributed by atoms with van der Waals surface area (Å²) in [7, 11) is 0. The minimum atomic E-state index is -0.472. The Balaban J connectivity index is 0.916. The van der Waals surface area contributed by atoms with Crippen molar-refractivity contribution in [3.8, 4) is 28.7 Å². The predicted octanol–water partition coefficient (Wildman–Crippen LogP) is 15.5. The van der Waals surface area contributed by atoms with E-state index in [-0.39, 0.29) is 36.4 Å². The summed E-state index contributed by atoms with van der Waals surface area (Å²) in [6, 6.07) is 28.7. The Labute approximate surface area is 517 Å². The van der Waals surface area contributed by atoms with Crippen molar-refractivity contribution in [2.75, 3.05) is 51.2 Å². The van der Waals surface area contributed by atoms with Crippen LogP contribution in [0, 0.1) is 17.8 Å². The topological polar surface area (TPSA) is 203 Å². The number of fused-ring (bicyclic) bond motifs is 1. The third kappa shape index (κ3) is 24.3. The van der Waals surface area contributed by atoms with Gasteiger partial charge < -0.3 is 38.4 Å². The van der Waals surface area contributed by atoms with E-state index in [1.165, 1.54) is 12.2 Å². The molecule has 0 amide bonds. The van der Waals surface area contributed by atoms with Crippen molar-refractivity contribution in [1.29, 1.82) is 0 Å². The third-order valence-electron chi connectivity index (χ3n) is 16.0. The summed E-state index contributed by atoms with van der Waals surface area (Å²) in [5.74, 6) is 2.06. The van der Waals surface area contributed by atoms with Gasteiger partial charge in [-0.2, -0.15) is 9.99 Å². The molecular weight excluding hydrogens is 1130 g/mol. The van der Waals surface area contributed by atoms with Gasteiger partial charge in [0.05, 0.1) is 61.5 Å². The van der Waals surface area contributed by atoms with E-state index < -0.39 is 18.0 Å². The van der Waals surface area contributed by atoms with Gasteiger partial charge in [-0.25, -0.2) is 24.5 Å². The first-order valence-electron chi connectivity index (χ1n) is 31.7. The Kier molecular flexibility index (Phi) is 30.4. The molecule has 0 spiro atoms. The van der Waals surface area contributed by atoms with Crippen LogP contribution in [-0.4, -0.2) is 91.8 Å². The maximum absolute atomic E-state index is 13.8. The number of thiazole rings is 1. The van der Waals surface area contributed by atoms with E-state index in [0.717, 1.165) is 167 Å². The minimum absolute atomic E-state index is 0.0270. The summed E-state index contributed by atoms with van der Waals surface area (Å²) in [5, 5.41) is 27.0. The molecule has 0 bridgehead atoms. The lowest BCUT2D eigenvalue weighted by Crippen LogP contribution is -2.30. The average Bonchev–Trinajstić information content (AvgIpc) is 3.31. The van der Waals surface area contributed by atoms with Crippen LogP contribution < -0.4 is 28.8 Å². The van der Waals surface area contributed by atoms with Crippen LogP contribution in [0.25, 0.3) is 10.2 Å². The number of unbranched alkanes of at least 4 members (excludes halogenated alkanes) is 13. The number of hydrogen-bond donors (Lipinski definition) is 2. The number of aromatic nitrogens is 1. The molecule has 0 aliphatic heterocycles. The van der Waals surface area contributed by atoms with Crippen LogP contribution in [0.15, 0.2) is 121 Å². The van der Waals surface area contributed by atoms with Crippen molar-refractivity contribution in [3.63, 3.8) is 0 Å². The van der Waals surface area contributed by atoms with Crippen LogP contribution in [0.4, 0.5) is 5.13 Å². The molecule has 5 aromatic rings. The Morgan fingerprint density at radius 1 is 0.644 bits per heavy atom. The first-order valence-corrected chi connectivity index (χ1v) is 32.5. The van der Waals surface area contributed by atoms with E-state index in [4.69, 9.17) is 58.3 Å². The van der Waals surface area contributed by atoms with Crippen LogP contribution in [0.3, 0.4) is 0 Å². The molecule has 2 saturated carbocycles. The van der Waals surface area contributed by atoms with Gasteiger partial charge in [0.2, 0.25) is 5.13 Å². The fraction of sp³-hybridized carbons (Fsp3) is 0.522. The summed E-state index contributed by atoms with van der Waals surface area (Å²) in [6.07, 6.45) is 25.3. The zero-order valence-electron chi connectivity index (χ0n) is 50.7. The molecule has 2 fully saturated rings. The number of ether oxygens (including phenoxy) is 6. The smallest absolute Gasteiger partial charge is 0.330 e. The summed E-state index contributed by atoms with van der Waals surface area (Å²) in [6.45, 7) is 10.1. The molecule has 7 rings (SSSR count). The van der Waals surface area contributed by atoms with Crippen LogP contribution >= 0.6 is 11.3 Å². The fourth-order valence-corrected chi connectivity index (χ4v) is 11.9. The highest BCUT2D eigenvalue weighted by Gasteiger charge is 2.31. The van der Waals surface area contributed by atoms with E-state index in [1.54, 1.807) is 35.8 Å². The number of carbonyl (C=O) groups is 3. The van der Waals surface area contributed by atoms with Crippen LogP contribution in [0.2, 0.25) is 0 Å². The molecule has 1 unspecified atom stereocenters. The van der Waals surface area contributed by atoms with E-state index in [1.807, 2.05) is 71.7 Å². The monoisotopic (exact) mass is 1220 g/mol. The van der Waals surface area contributed by atoms with Crippen molar-refractivity contribution >= 4 is 50.8 Å². The van der Waals surface area contributed by atoms with Crippen LogP contribution in [0.5, 0.6) is 28.7 Å². The third-order valence-corrected chi connectivity index (χ3v) is 17.0. The highest BCUT2D eigenvalue weighted by atomic mass is 32.1. The van der Waals surface area contributed by atoms with Gasteiger partial charge in [-0.3, -0.25) is 10.1 Å². The molecule has 18 heteroatoms. The second-order valence-electron chi connectivity index (χ2n) is 22.6. The molecule has 4 aromatic carbocycles. The number of aliphatic hydroxyl groups is 1. The zero-order valence-corrected chi connectivity index (χ0v) is 51.5. The largest absolute Gasteiger partial charge is 0.494 e. The maximum Gasteiger partial charge on any atom is 0.330 e. The minimum Gasteiger partial charge on any atom is -0.494 e. The molecule has 472 valence electrons. The van der Waals surface area contributed by atoms with E-state index in [2.05, 4.69) is 19.2 Å². The molecule has 0 radical (unpaired) electrons. The second kappa shape index (κ2) is 39.1. The number of rotatable bonds is 42. The Hall–Kier alpha value is -6.83. The zero-order chi connectivity index (χ0) is 61.1. The molecule has 1 aromatic heterocycles. The number of hydrazone groups is 1. The highest BCUT2D eigenvalue weighted by Crippen LogP contribution is 2.40. The first kappa shape index (κ1) is 67.7. The van der Waals surface area contributed by atoms with Gasteiger partial charge in [-0.15, -0.1) is 0 Å². The number of aliphatic hydroxyl groups excluding tert-OH is 1. The van der Waals surface area contributed by atoms with Crippen LogP contribution in [0.1, 0.15) is 171 Å². The Bertz CT molecular complexity index is 2800. The van der Waals surface area contributed by atoms with E-state index in [9.17, 15) is 19.6 Å². The standard InChI is InChI=1S/C69H91N3O14S/c1-3-65(74)80-47-21-13-11-19-45-78-57-33-29-54(30-34-57)67(85-77)53-27-25-52(26-28-53)51-82-86-63-42-41-61(49-56(63)50-70-72(43-17-9-7-5-6-8-10-18-44-73)69-71-62-23-15-16-24-64(62)87-69)84-68(76)55-31-35-59(36-32-55)83-60-39-37-58(38-40-60)79-46-20-12-14-22-48-81-66(75)4-2/h3-4,15-16,23-24,29-30,33-34,37-42,49-50,52-53,55,59,67,73,77H,1-2,5-14,17-22,25-28,31-32,35-36,43-48,51H2/b70-50+. The van der Waals surface area contributed by atoms with Crippen molar-refractivity contribution in [2.45, 2.75) is 166 Å². The normalized spacial score (nSPS) is 17.1. The highest BCUT2D eigenvalue weighted by molar-refractivity contribution is 7.22. The maximum atomic E-state index is 13.8. The Morgan fingerprint density at radius 2 is 1.21 bits per heavy atom. The van der Waals surface area contributed by atoms with Gasteiger partial charge in [0.15, 0.2) is 5.75 Å². The van der Waals surface area contributed by atoms with Gasteiger partial charge in [-0.1, -0.05) is 87.3 Å². The van der Waals surface area contributed by atoms with Gasteiger partial charge in [-0.05, 0) is 200 Å². The number of esters is 3. The van der Waals surface area contributed by atoms with Gasteiger partial charge in [0.1, 0.15) is 29.1 Å². The lowest BCUT2D eigenvalue weighted by Gasteiger charge is -2.32. The van der Waals surface area contributed by atoms with E-state index in [0.29, 0.717) is 82.3 Å². The molecule has 17 nitrogen and oxygen atoms in total. The molecule has 87 heavy (non-hydrogen) atoms. The first-order chi connectivity index (χ1) is 42.7. The number of hydrogen-bond acceptors (Lipinski definition) is 18. The van der Waals surface area contributed by atoms with Crippen molar-refractivity contribution in [2.24, 2.45) is 22.9 Å². The SMILES string of the molecule is C=CC(=O)OCCCCCCOc1ccc(OC2CCC(C(=O)Oc3ccc(OOCC4CCC(C(OO)c5ccc(OCCCCCCOC(=O)C=C)cc5)CC4)c(/C=N/N(CCCCCCCCCCO)c4nc5ccccc5s4)c3)CC2)cc1. The summed E-state index contributed by atoms with van der Waals surface area (Å²) in [4.78, 5) is 58.5. The van der Waals surface area contributed by atoms with Crippen molar-refractivity contribution < 1.29 is 67.8 Å². The number of nitrogens with zero attached hydrogens (tertiary/aromatic N) is 3. The van der Waals surface area contributed by atoms with Crippen molar-refractivity contribution in [3.05, 3.63) is 127 Å². The summed E-state index contributed by atoms with van der Waals surface area (Å²) in [5.41, 5.74) is 2.37. The molecule has 1 heterocycles. The molecule has 2 aliphatic rings. The summed E-state index contributed by atoms with van der Waals surface area (Å²) >= 11 is 1.59. The second-order valence-corrected chi connectivity index (χ2v) is 23.6. The molecule has 1 atom stereocenters. The van der Waals surface area contributed by atoms with Crippen LogP contribution in [-0.2, 0) is 33.6 Å². The molecular formula is C69H91N3O14S. The predicted molar refractivity (Wildman–Crippen MR) is 339 cm³/mol. The number of anilines is 1. The Morgan fingerprint density at radius 3 is 1.82 bits per heavy atom. The van der Waals surface area contributed by atoms with Gasteiger partial charge in [0, 0.05) is 30.9 Å². The number of carbonyl (C=O) groups excluding carboxylic acids is 3. The molecule has 2 N–H and O–H groups in total. The number of para-hydroxylation sites is 1.